The lowest BCUT2D eigenvalue weighted by molar-refractivity contribution is -0.140. The maximum Gasteiger partial charge on any atom is 0.305 e. The van der Waals surface area contributed by atoms with Crippen molar-refractivity contribution in [2.45, 2.75) is 44.4 Å². The van der Waals surface area contributed by atoms with Gasteiger partial charge in [-0.05, 0) is 42.9 Å². The minimum absolute atomic E-state index is 0.0414. The van der Waals surface area contributed by atoms with Crippen molar-refractivity contribution in [3.63, 3.8) is 0 Å². The van der Waals surface area contributed by atoms with Gasteiger partial charge in [0.1, 0.15) is 0 Å². The number of methoxy groups -OCH3 is 1. The predicted molar refractivity (Wildman–Crippen MR) is 140 cm³/mol. The number of rotatable bonds is 12. The summed E-state index contributed by atoms with van der Waals surface area (Å²) in [4.78, 5) is 27.1. The molecular weight excluding hydrogens is 450 g/mol. The second-order valence-corrected chi connectivity index (χ2v) is 8.97. The van der Waals surface area contributed by atoms with Crippen LogP contribution in [0, 0.1) is 0 Å². The van der Waals surface area contributed by atoms with Crippen molar-refractivity contribution in [2.75, 3.05) is 13.7 Å². The first-order chi connectivity index (χ1) is 17.6. The quantitative estimate of drug-likeness (QED) is 0.180. The molecule has 5 heteroatoms. The summed E-state index contributed by atoms with van der Waals surface area (Å²) in [5.74, 6) is -0.239. The number of carbonyl (C=O) groups is 2. The van der Waals surface area contributed by atoms with Crippen LogP contribution in [0.15, 0.2) is 91.5 Å². The van der Waals surface area contributed by atoms with E-state index >= 15 is 0 Å². The highest BCUT2D eigenvalue weighted by molar-refractivity contribution is 6.00. The highest BCUT2D eigenvalue weighted by Crippen LogP contribution is 2.46. The van der Waals surface area contributed by atoms with Gasteiger partial charge in [-0.15, -0.1) is 6.58 Å². The zero-order valence-corrected chi connectivity index (χ0v) is 20.8. The average molecular weight is 484 g/mol. The van der Waals surface area contributed by atoms with Crippen LogP contribution in [0.5, 0.6) is 0 Å². The van der Waals surface area contributed by atoms with Crippen molar-refractivity contribution in [3.8, 4) is 0 Å². The lowest BCUT2D eigenvalue weighted by atomic mass is 9.92. The first-order valence-corrected chi connectivity index (χ1v) is 12.5. The Labute approximate surface area is 213 Å². The number of ether oxygens (including phenoxy) is 2. The van der Waals surface area contributed by atoms with Gasteiger partial charge in [-0.2, -0.15) is 0 Å². The van der Waals surface area contributed by atoms with Crippen LogP contribution in [0.2, 0.25) is 0 Å². The molecule has 1 amide bonds. The van der Waals surface area contributed by atoms with E-state index in [0.717, 1.165) is 47.9 Å². The van der Waals surface area contributed by atoms with Crippen molar-refractivity contribution in [1.29, 1.82) is 0 Å². The van der Waals surface area contributed by atoms with E-state index in [1.54, 1.807) is 0 Å². The third kappa shape index (κ3) is 5.26. The summed E-state index contributed by atoms with van der Waals surface area (Å²) in [6.45, 7) is 4.74. The van der Waals surface area contributed by atoms with Gasteiger partial charge in [0.2, 0.25) is 0 Å². The first kappa shape index (κ1) is 25.4. The number of amides is 1. The van der Waals surface area contributed by atoms with E-state index in [1.807, 2.05) is 77.7 Å². The monoisotopic (exact) mass is 483 g/mol. The van der Waals surface area contributed by atoms with E-state index in [2.05, 4.69) is 18.7 Å². The first-order valence-electron chi connectivity index (χ1n) is 12.5. The van der Waals surface area contributed by atoms with Crippen LogP contribution < -0.4 is 0 Å². The molecule has 36 heavy (non-hydrogen) atoms. The van der Waals surface area contributed by atoms with Crippen molar-refractivity contribution < 1.29 is 19.1 Å². The van der Waals surface area contributed by atoms with Crippen LogP contribution in [-0.2, 0) is 33.0 Å². The molecule has 1 atom stereocenters. The molecule has 1 unspecified atom stereocenters. The Morgan fingerprint density at radius 2 is 1.67 bits per heavy atom. The molecule has 3 aromatic rings. The average Bonchev–Trinajstić information content (AvgIpc) is 3.15. The van der Waals surface area contributed by atoms with Gasteiger partial charge in [0.05, 0.1) is 13.7 Å². The predicted octanol–water partition coefficient (Wildman–Crippen LogP) is 6.02. The van der Waals surface area contributed by atoms with Gasteiger partial charge in [-0.1, -0.05) is 78.9 Å². The number of esters is 1. The van der Waals surface area contributed by atoms with Gasteiger partial charge in [0.15, 0.2) is 5.72 Å². The molecule has 0 radical (unpaired) electrons. The van der Waals surface area contributed by atoms with Crippen molar-refractivity contribution >= 4 is 11.9 Å². The molecule has 4 rings (SSSR count). The van der Waals surface area contributed by atoms with Crippen molar-refractivity contribution in [2.24, 2.45) is 0 Å². The lowest BCUT2D eigenvalue weighted by Crippen LogP contribution is -2.46. The number of aryl methyl sites for hydroxylation is 1. The minimum atomic E-state index is -1.03. The Hall–Kier alpha value is -3.70. The third-order valence-corrected chi connectivity index (χ3v) is 6.61. The molecule has 1 aliphatic rings. The number of fused-ring (bicyclic) bond motifs is 1. The molecule has 0 aromatic heterocycles. The number of carbonyl (C=O) groups excluding carboxylic acids is 2. The number of nitrogens with zero attached hydrogens (tertiary/aromatic N) is 1. The molecule has 5 nitrogen and oxygen atoms in total. The SMILES string of the molecule is C=CCCCOC1(c2ccc(CCCC(=O)OC)cc2)c2ccccc2C(=O)N1Cc1ccccc1. The van der Waals surface area contributed by atoms with E-state index in [9.17, 15) is 9.59 Å². The fourth-order valence-electron chi connectivity index (χ4n) is 4.78. The molecule has 1 aliphatic heterocycles. The Morgan fingerprint density at radius 1 is 0.944 bits per heavy atom. The van der Waals surface area contributed by atoms with E-state index < -0.39 is 5.72 Å². The molecule has 0 saturated heterocycles. The molecule has 0 bridgehead atoms. The summed E-state index contributed by atoms with van der Waals surface area (Å²) >= 11 is 0. The fourth-order valence-corrected chi connectivity index (χ4v) is 4.78. The number of unbranched alkanes of at least 4 members (excludes halogenated alkanes) is 1. The molecule has 0 N–H and O–H groups in total. The van der Waals surface area contributed by atoms with Gasteiger partial charge < -0.3 is 9.47 Å². The molecular formula is C31H33NO4. The second kappa shape index (κ2) is 11.8. The Bertz CT molecular complexity index is 1190. The largest absolute Gasteiger partial charge is 0.469 e. The van der Waals surface area contributed by atoms with E-state index in [1.165, 1.54) is 7.11 Å². The van der Waals surface area contributed by atoms with Crippen LogP contribution in [0.25, 0.3) is 0 Å². The lowest BCUT2D eigenvalue weighted by Gasteiger charge is -2.39. The van der Waals surface area contributed by atoms with Gasteiger partial charge in [-0.3, -0.25) is 14.5 Å². The second-order valence-electron chi connectivity index (χ2n) is 8.97. The normalized spacial score (nSPS) is 16.6. The van der Waals surface area contributed by atoms with Gasteiger partial charge in [0, 0.05) is 29.7 Å². The summed E-state index contributed by atoms with van der Waals surface area (Å²) in [6.07, 6.45) is 5.41. The minimum Gasteiger partial charge on any atom is -0.469 e. The molecule has 0 aliphatic carbocycles. The van der Waals surface area contributed by atoms with Crippen molar-refractivity contribution in [1.82, 2.24) is 4.90 Å². The molecule has 0 saturated carbocycles. The zero-order chi connectivity index (χ0) is 25.4. The summed E-state index contributed by atoms with van der Waals surface area (Å²) in [5.41, 5.74) is 3.57. The van der Waals surface area contributed by atoms with Gasteiger partial charge in [0.25, 0.3) is 5.91 Å². The molecule has 3 aromatic carbocycles. The topological polar surface area (TPSA) is 55.8 Å². The maximum atomic E-state index is 13.8. The standard InChI is InChI=1S/C31H33NO4/c1-3-4-10-22-36-31(26-20-18-24(19-21-26)14-11-17-29(33)35-2)28-16-9-8-15-27(28)30(34)32(31)23-25-12-6-5-7-13-25/h3,5-9,12-13,15-16,18-21H,1,4,10-11,14,17,22-23H2,2H3. The van der Waals surface area contributed by atoms with Crippen LogP contribution in [0.1, 0.15) is 58.3 Å². The third-order valence-electron chi connectivity index (χ3n) is 6.61. The van der Waals surface area contributed by atoms with E-state index in [0.29, 0.717) is 25.1 Å². The van der Waals surface area contributed by atoms with Crippen LogP contribution in [0.4, 0.5) is 0 Å². The molecule has 0 spiro atoms. The number of hydrogen-bond donors (Lipinski definition) is 0. The maximum absolute atomic E-state index is 13.8. The molecule has 1 heterocycles. The number of hydrogen-bond acceptors (Lipinski definition) is 4. The van der Waals surface area contributed by atoms with Gasteiger partial charge >= 0.3 is 5.97 Å². The Morgan fingerprint density at radius 3 is 2.39 bits per heavy atom. The van der Waals surface area contributed by atoms with Crippen LogP contribution >= 0.6 is 0 Å². The summed E-state index contributed by atoms with van der Waals surface area (Å²) in [6, 6.07) is 26.0. The van der Waals surface area contributed by atoms with E-state index in [4.69, 9.17) is 9.47 Å². The summed E-state index contributed by atoms with van der Waals surface area (Å²) in [5, 5.41) is 0. The van der Waals surface area contributed by atoms with Crippen LogP contribution in [0.3, 0.4) is 0 Å². The van der Waals surface area contributed by atoms with E-state index in [-0.39, 0.29) is 11.9 Å². The Balaban J connectivity index is 1.72. The molecule has 186 valence electrons. The highest BCUT2D eigenvalue weighted by Gasteiger charge is 2.52. The smallest absolute Gasteiger partial charge is 0.305 e. The van der Waals surface area contributed by atoms with Crippen LogP contribution in [-0.4, -0.2) is 30.5 Å². The number of allylic oxidation sites excluding steroid dienone is 1. The summed E-state index contributed by atoms with van der Waals surface area (Å²) < 4.78 is 11.5. The summed E-state index contributed by atoms with van der Waals surface area (Å²) in [7, 11) is 1.41. The van der Waals surface area contributed by atoms with Crippen molar-refractivity contribution in [3.05, 3.63) is 119 Å². The molecule has 0 fully saturated rings. The highest BCUT2D eigenvalue weighted by atomic mass is 16.5. The zero-order valence-electron chi connectivity index (χ0n) is 20.8. The Kier molecular flexibility index (Phi) is 8.34. The number of benzene rings is 3. The fraction of sp³-hybridized carbons (Fsp3) is 0.290. The van der Waals surface area contributed by atoms with Gasteiger partial charge in [-0.25, -0.2) is 0 Å².